The van der Waals surface area contributed by atoms with Gasteiger partial charge in [0.1, 0.15) is 0 Å². The molecule has 0 aromatic heterocycles. The predicted molar refractivity (Wildman–Crippen MR) is 63.8 cm³/mol. The Bertz CT molecular complexity index is 427. The molecule has 17 heavy (non-hydrogen) atoms. The van der Waals surface area contributed by atoms with Crippen LogP contribution in [0.1, 0.15) is 17.5 Å². The minimum atomic E-state index is -0.576. The second kappa shape index (κ2) is 3.98. The number of aliphatic hydroxyl groups is 1. The first-order valence-corrected chi connectivity index (χ1v) is 5.99. The Kier molecular flexibility index (Phi) is 2.58. The molecule has 1 aromatic carbocycles. The zero-order valence-corrected chi connectivity index (χ0v) is 9.98. The molecular weight excluding hydrogens is 218 g/mol. The third-order valence-electron chi connectivity index (χ3n) is 3.61. The maximum atomic E-state index is 9.43. The molecule has 2 heterocycles. The van der Waals surface area contributed by atoms with Gasteiger partial charge in [-0.25, -0.2) is 0 Å². The average Bonchev–Trinajstić information content (AvgIpc) is 2.83. The first-order chi connectivity index (χ1) is 8.27. The molecule has 0 atom stereocenters. The summed E-state index contributed by atoms with van der Waals surface area (Å²) in [6.45, 7) is 2.21. The Balaban J connectivity index is 2.15. The van der Waals surface area contributed by atoms with E-state index in [0.29, 0.717) is 13.2 Å². The number of rotatable bonds is 1. The molecule has 0 saturated carbocycles. The van der Waals surface area contributed by atoms with Crippen LogP contribution < -0.4 is 4.90 Å². The number of fused-ring (bicyclic) bond motifs is 2. The Morgan fingerprint density at radius 1 is 1.35 bits per heavy atom. The van der Waals surface area contributed by atoms with Crippen molar-refractivity contribution >= 4 is 5.69 Å². The lowest BCUT2D eigenvalue weighted by atomic mass is 9.92. The number of para-hydroxylation sites is 1. The summed E-state index contributed by atoms with van der Waals surface area (Å²) < 4.78 is 11.7. The molecule has 1 N–H and O–H groups in total. The second-order valence-electron chi connectivity index (χ2n) is 4.59. The zero-order valence-electron chi connectivity index (χ0n) is 9.98. The van der Waals surface area contributed by atoms with Crippen molar-refractivity contribution in [3.63, 3.8) is 0 Å². The fraction of sp³-hybridized carbons (Fsp3) is 0.538. The minimum Gasteiger partial charge on any atom is -0.392 e. The third-order valence-corrected chi connectivity index (χ3v) is 3.61. The quantitative estimate of drug-likeness (QED) is 0.794. The summed E-state index contributed by atoms with van der Waals surface area (Å²) in [6, 6.07) is 5.94. The van der Waals surface area contributed by atoms with Gasteiger partial charge in [-0.2, -0.15) is 0 Å². The highest BCUT2D eigenvalue weighted by Gasteiger charge is 2.44. The van der Waals surface area contributed by atoms with E-state index in [9.17, 15) is 5.11 Å². The van der Waals surface area contributed by atoms with Crippen LogP contribution in [0.2, 0.25) is 0 Å². The highest BCUT2D eigenvalue weighted by molar-refractivity contribution is 5.62. The van der Waals surface area contributed by atoms with E-state index in [1.165, 1.54) is 0 Å². The van der Waals surface area contributed by atoms with E-state index in [0.717, 1.165) is 29.8 Å². The highest BCUT2D eigenvalue weighted by atomic mass is 16.7. The topological polar surface area (TPSA) is 41.9 Å². The molecule has 0 bridgehead atoms. The zero-order chi connectivity index (χ0) is 11.9. The fourth-order valence-electron chi connectivity index (χ4n) is 2.79. The molecule has 4 nitrogen and oxygen atoms in total. The Morgan fingerprint density at radius 2 is 2.12 bits per heavy atom. The Morgan fingerprint density at radius 3 is 2.82 bits per heavy atom. The SMILES string of the molecule is CN1CCC2(OCCO2)c2cccc(CO)c21. The predicted octanol–water partition coefficient (Wildman–Crippen LogP) is 1.22. The second-order valence-corrected chi connectivity index (χ2v) is 4.59. The lowest BCUT2D eigenvalue weighted by Gasteiger charge is -2.39. The van der Waals surface area contributed by atoms with Crippen LogP contribution in [0.3, 0.4) is 0 Å². The van der Waals surface area contributed by atoms with Gasteiger partial charge in [0.05, 0.1) is 25.5 Å². The molecule has 1 fully saturated rings. The molecule has 0 radical (unpaired) electrons. The summed E-state index contributed by atoms with van der Waals surface area (Å²) in [5.74, 6) is -0.576. The number of nitrogens with zero attached hydrogens (tertiary/aromatic N) is 1. The molecule has 4 heteroatoms. The normalized spacial score (nSPS) is 21.9. The molecule has 2 aliphatic rings. The number of hydrogen-bond acceptors (Lipinski definition) is 4. The monoisotopic (exact) mass is 235 g/mol. The van der Waals surface area contributed by atoms with E-state index in [2.05, 4.69) is 4.90 Å². The third kappa shape index (κ3) is 1.56. The lowest BCUT2D eigenvalue weighted by molar-refractivity contribution is -0.171. The first-order valence-electron chi connectivity index (χ1n) is 5.99. The lowest BCUT2D eigenvalue weighted by Crippen LogP contribution is -2.40. The molecule has 0 amide bonds. The van der Waals surface area contributed by atoms with Crippen molar-refractivity contribution in [3.05, 3.63) is 29.3 Å². The molecule has 0 unspecified atom stereocenters. The summed E-state index contributed by atoms with van der Waals surface area (Å²) in [5, 5.41) is 9.43. The van der Waals surface area contributed by atoms with Gasteiger partial charge in [0.25, 0.3) is 0 Å². The molecule has 0 aliphatic carbocycles. The van der Waals surface area contributed by atoms with Gasteiger partial charge in [-0.3, -0.25) is 0 Å². The first kappa shape index (κ1) is 11.0. The molecule has 92 valence electrons. The molecule has 2 aliphatic heterocycles. The maximum absolute atomic E-state index is 9.43. The number of hydrogen-bond donors (Lipinski definition) is 1. The number of ether oxygens (including phenoxy) is 2. The number of aliphatic hydroxyl groups excluding tert-OH is 1. The van der Waals surface area contributed by atoms with Crippen molar-refractivity contribution in [2.45, 2.75) is 18.8 Å². The van der Waals surface area contributed by atoms with Crippen molar-refractivity contribution in [3.8, 4) is 0 Å². The fourth-order valence-corrected chi connectivity index (χ4v) is 2.79. The van der Waals surface area contributed by atoms with Gasteiger partial charge >= 0.3 is 0 Å². The number of benzene rings is 1. The van der Waals surface area contributed by atoms with Crippen LogP contribution in [-0.2, 0) is 21.9 Å². The van der Waals surface area contributed by atoms with Gasteiger partial charge < -0.3 is 19.5 Å². The largest absolute Gasteiger partial charge is 0.392 e. The van der Waals surface area contributed by atoms with Crippen LogP contribution >= 0.6 is 0 Å². The van der Waals surface area contributed by atoms with Gasteiger partial charge in [-0.15, -0.1) is 0 Å². The van der Waals surface area contributed by atoms with Crippen molar-refractivity contribution < 1.29 is 14.6 Å². The Hall–Kier alpha value is -1.10. The molecule has 1 saturated heterocycles. The highest BCUT2D eigenvalue weighted by Crippen LogP contribution is 2.44. The van der Waals surface area contributed by atoms with Gasteiger partial charge in [-0.1, -0.05) is 18.2 Å². The van der Waals surface area contributed by atoms with Crippen LogP contribution in [0.4, 0.5) is 5.69 Å². The van der Waals surface area contributed by atoms with E-state index in [1.807, 2.05) is 25.2 Å². The van der Waals surface area contributed by atoms with Crippen molar-refractivity contribution in [2.75, 3.05) is 31.7 Å². The van der Waals surface area contributed by atoms with Crippen molar-refractivity contribution in [2.24, 2.45) is 0 Å². The summed E-state index contributed by atoms with van der Waals surface area (Å²) >= 11 is 0. The van der Waals surface area contributed by atoms with Gasteiger partial charge in [0.15, 0.2) is 5.79 Å². The minimum absolute atomic E-state index is 0.0452. The van der Waals surface area contributed by atoms with Crippen LogP contribution in [0.5, 0.6) is 0 Å². The standard InChI is InChI=1S/C13H17NO3/c1-14-6-5-13(16-7-8-17-13)11-4-2-3-10(9-15)12(11)14/h2-4,15H,5-9H2,1H3. The Labute approximate surface area is 101 Å². The maximum Gasteiger partial charge on any atom is 0.198 e. The molecule has 1 spiro atoms. The van der Waals surface area contributed by atoms with E-state index >= 15 is 0 Å². The summed E-state index contributed by atoms with van der Waals surface area (Å²) in [7, 11) is 2.04. The van der Waals surface area contributed by atoms with E-state index < -0.39 is 5.79 Å². The van der Waals surface area contributed by atoms with E-state index in [1.54, 1.807) is 0 Å². The summed E-state index contributed by atoms with van der Waals surface area (Å²) in [6.07, 6.45) is 0.839. The van der Waals surface area contributed by atoms with E-state index in [-0.39, 0.29) is 6.61 Å². The molecular formula is C13H17NO3. The summed E-state index contributed by atoms with van der Waals surface area (Å²) in [5.41, 5.74) is 3.04. The van der Waals surface area contributed by atoms with Gasteiger partial charge in [-0.05, 0) is 0 Å². The number of anilines is 1. The van der Waals surface area contributed by atoms with Crippen molar-refractivity contribution in [1.82, 2.24) is 0 Å². The molecule has 3 rings (SSSR count). The van der Waals surface area contributed by atoms with Crippen LogP contribution in [0.15, 0.2) is 18.2 Å². The van der Waals surface area contributed by atoms with Gasteiger partial charge in [0, 0.05) is 31.1 Å². The summed E-state index contributed by atoms with van der Waals surface area (Å²) in [4.78, 5) is 2.16. The molecule has 1 aromatic rings. The van der Waals surface area contributed by atoms with Crippen LogP contribution in [0, 0.1) is 0 Å². The van der Waals surface area contributed by atoms with E-state index in [4.69, 9.17) is 9.47 Å². The van der Waals surface area contributed by atoms with Crippen LogP contribution in [0.25, 0.3) is 0 Å². The van der Waals surface area contributed by atoms with Gasteiger partial charge in [0.2, 0.25) is 0 Å². The average molecular weight is 235 g/mol. The van der Waals surface area contributed by atoms with Crippen molar-refractivity contribution in [1.29, 1.82) is 0 Å². The smallest absolute Gasteiger partial charge is 0.198 e. The van der Waals surface area contributed by atoms with Crippen LogP contribution in [-0.4, -0.2) is 31.9 Å².